The van der Waals surface area contributed by atoms with E-state index in [1.165, 1.54) is 35.1 Å². The molecule has 0 spiro atoms. The summed E-state index contributed by atoms with van der Waals surface area (Å²) in [4.78, 5) is 56.5. The third-order valence-electron chi connectivity index (χ3n) is 5.29. The number of allylic oxidation sites excluding steroid dienone is 1. The summed E-state index contributed by atoms with van der Waals surface area (Å²) in [6.45, 7) is 6.45. The number of ether oxygens (including phenoxy) is 3. The lowest BCUT2D eigenvalue weighted by Gasteiger charge is -2.49. The number of nitrogen functional groups attached to an aromatic ring is 1. The Kier molecular flexibility index (Phi) is 8.80. The van der Waals surface area contributed by atoms with Crippen molar-refractivity contribution in [3.05, 3.63) is 28.4 Å². The number of thiazole rings is 1. The van der Waals surface area contributed by atoms with Crippen LogP contribution in [0.2, 0.25) is 0 Å². The molecule has 196 valence electrons. The zero-order valence-electron chi connectivity index (χ0n) is 20.8. The summed E-state index contributed by atoms with van der Waals surface area (Å²) >= 11 is 2.62. The summed E-state index contributed by atoms with van der Waals surface area (Å²) in [6, 6.07) is -0.843. The number of fused-ring (bicyclic) bond motifs is 1. The number of anilines is 1. The van der Waals surface area contributed by atoms with Crippen molar-refractivity contribution in [3.8, 4) is 0 Å². The van der Waals surface area contributed by atoms with Gasteiger partial charge >= 0.3 is 11.9 Å². The number of rotatable bonds is 9. The van der Waals surface area contributed by atoms with E-state index in [2.05, 4.69) is 10.3 Å². The van der Waals surface area contributed by atoms with Crippen LogP contribution in [0.4, 0.5) is 5.13 Å². The molecule has 1 aromatic rings. The van der Waals surface area contributed by atoms with Crippen LogP contribution >= 0.6 is 23.1 Å². The largest absolute Gasteiger partial charge is 0.427 e. The zero-order valence-corrected chi connectivity index (χ0v) is 22.4. The van der Waals surface area contributed by atoms with E-state index < -0.39 is 47.4 Å². The van der Waals surface area contributed by atoms with Gasteiger partial charge in [0.1, 0.15) is 17.1 Å². The molecule has 1 fully saturated rings. The Balaban J connectivity index is 1.73. The summed E-state index contributed by atoms with van der Waals surface area (Å²) in [6.07, 6.45) is 2.30. The topological polar surface area (TPSA) is 150 Å². The van der Waals surface area contributed by atoms with E-state index in [1.54, 1.807) is 32.2 Å². The molecule has 0 saturated carbocycles. The number of nitrogens with one attached hydrogen (secondary N) is 1. The highest BCUT2D eigenvalue weighted by atomic mass is 32.2. The third-order valence-corrected chi connectivity index (χ3v) is 7.30. The van der Waals surface area contributed by atoms with E-state index in [0.29, 0.717) is 34.1 Å². The van der Waals surface area contributed by atoms with Crippen molar-refractivity contribution in [2.75, 3.05) is 32.0 Å². The maximum Gasteiger partial charge on any atom is 0.358 e. The lowest BCUT2D eigenvalue weighted by molar-refractivity contribution is -0.173. The molecular weight excluding hydrogens is 508 g/mol. The minimum Gasteiger partial charge on any atom is -0.427 e. The maximum absolute atomic E-state index is 13.1. The molecule has 2 atom stereocenters. The summed E-state index contributed by atoms with van der Waals surface area (Å²) < 4.78 is 15.4. The highest BCUT2D eigenvalue weighted by Crippen LogP contribution is 2.41. The summed E-state index contributed by atoms with van der Waals surface area (Å²) in [5.41, 5.74) is 6.33. The first-order chi connectivity index (χ1) is 17.0. The molecule has 2 amide bonds. The Morgan fingerprint density at radius 1 is 1.31 bits per heavy atom. The minimum atomic E-state index is -0.843. The highest BCUT2D eigenvalue weighted by molar-refractivity contribution is 8.00. The number of β-lactam (4-membered cyclic amide) rings is 1. The number of hydrogen-bond acceptors (Lipinski definition) is 11. The molecule has 0 unspecified atom stereocenters. The molecule has 2 aliphatic heterocycles. The fourth-order valence-corrected chi connectivity index (χ4v) is 5.42. The number of nitrogens with zero attached hydrogens (tertiary/aromatic N) is 2. The Labute approximate surface area is 217 Å². The first-order valence-corrected chi connectivity index (χ1v) is 13.1. The van der Waals surface area contributed by atoms with Crippen molar-refractivity contribution in [1.29, 1.82) is 0 Å². The SMILES string of the molecule is CCC=C(C(=O)N[C@@H]1C(=O)N2C(C(=O)OCOC(=O)C(C)(C)C)=C(COC)CS[C@H]12)c1csc(N)n1. The monoisotopic (exact) mass is 538 g/mol. The molecule has 36 heavy (non-hydrogen) atoms. The molecule has 0 radical (unpaired) electrons. The molecule has 0 bridgehead atoms. The van der Waals surface area contributed by atoms with Crippen molar-refractivity contribution >= 4 is 57.6 Å². The van der Waals surface area contributed by atoms with E-state index in [9.17, 15) is 19.2 Å². The van der Waals surface area contributed by atoms with Gasteiger partial charge in [0, 0.05) is 18.2 Å². The lowest BCUT2D eigenvalue weighted by Crippen LogP contribution is -2.70. The summed E-state index contributed by atoms with van der Waals surface area (Å²) in [5, 5.41) is 4.27. The van der Waals surface area contributed by atoms with Crippen LogP contribution in [0, 0.1) is 5.41 Å². The molecule has 11 nitrogen and oxygen atoms in total. The fraction of sp³-hybridized carbons (Fsp3) is 0.522. The van der Waals surface area contributed by atoms with Gasteiger partial charge in [0.2, 0.25) is 6.79 Å². The number of aromatic nitrogens is 1. The minimum absolute atomic E-state index is 0.0412. The number of carbonyl (C=O) groups is 4. The van der Waals surface area contributed by atoms with Crippen LogP contribution < -0.4 is 11.1 Å². The Morgan fingerprint density at radius 3 is 2.61 bits per heavy atom. The van der Waals surface area contributed by atoms with Gasteiger partial charge in [0.15, 0.2) is 5.13 Å². The van der Waals surface area contributed by atoms with E-state index in [4.69, 9.17) is 19.9 Å². The molecule has 0 aliphatic carbocycles. The number of esters is 2. The Bertz CT molecular complexity index is 1110. The van der Waals surface area contributed by atoms with Crippen LogP contribution in [0.25, 0.3) is 5.57 Å². The van der Waals surface area contributed by atoms with E-state index in [1.807, 2.05) is 6.92 Å². The average Bonchev–Trinajstić information content (AvgIpc) is 3.25. The second-order valence-corrected chi connectivity index (χ2v) is 11.1. The number of nitrogens with two attached hydrogens (primary N) is 1. The van der Waals surface area contributed by atoms with Crippen molar-refractivity contribution in [2.24, 2.45) is 5.41 Å². The van der Waals surface area contributed by atoms with Gasteiger partial charge < -0.3 is 25.3 Å². The molecule has 1 aromatic heterocycles. The molecule has 3 rings (SSSR count). The van der Waals surface area contributed by atoms with Crippen LogP contribution in [0.5, 0.6) is 0 Å². The molecule has 2 aliphatic rings. The Hall–Kier alpha value is -2.90. The van der Waals surface area contributed by atoms with Gasteiger partial charge in [-0.25, -0.2) is 9.78 Å². The van der Waals surface area contributed by atoms with E-state index in [0.717, 1.165) is 0 Å². The molecule has 1 saturated heterocycles. The van der Waals surface area contributed by atoms with Crippen molar-refractivity contribution in [1.82, 2.24) is 15.2 Å². The second-order valence-electron chi connectivity index (χ2n) is 9.07. The maximum atomic E-state index is 13.1. The van der Waals surface area contributed by atoms with Crippen LogP contribution in [0.1, 0.15) is 39.8 Å². The molecule has 3 N–H and O–H groups in total. The van der Waals surface area contributed by atoms with Gasteiger partial charge in [0.05, 0.1) is 23.3 Å². The first-order valence-electron chi connectivity index (χ1n) is 11.2. The molecule has 3 heterocycles. The van der Waals surface area contributed by atoms with Gasteiger partial charge in [0.25, 0.3) is 11.8 Å². The third kappa shape index (κ3) is 5.90. The predicted molar refractivity (Wildman–Crippen MR) is 135 cm³/mol. The fourth-order valence-electron chi connectivity index (χ4n) is 3.53. The van der Waals surface area contributed by atoms with Gasteiger partial charge in [-0.1, -0.05) is 13.0 Å². The normalized spacial score (nSPS) is 20.0. The number of hydrogen-bond donors (Lipinski definition) is 2. The van der Waals surface area contributed by atoms with Crippen molar-refractivity contribution in [2.45, 2.75) is 45.5 Å². The smallest absolute Gasteiger partial charge is 0.358 e. The standard InChI is InChI=1S/C23H30N4O7S2/c1-6-7-13(14-10-36-22(24)25-14)17(28)26-15-18(29)27-16(12(8-32-5)9-35-19(15)27)20(30)33-11-34-21(31)23(2,3)4/h7,10,15,19H,6,8-9,11H2,1-5H3,(H2,24,25)(H,26,28)/t15-,19-/m1/s1. The van der Waals surface area contributed by atoms with E-state index in [-0.39, 0.29) is 12.3 Å². The average molecular weight is 539 g/mol. The number of thioether (sulfide) groups is 1. The quantitative estimate of drug-likeness (QED) is 0.206. The van der Waals surface area contributed by atoms with Gasteiger partial charge in [-0.15, -0.1) is 23.1 Å². The molecular formula is C23H30N4O7S2. The van der Waals surface area contributed by atoms with Crippen molar-refractivity contribution < 1.29 is 33.4 Å². The number of carbonyl (C=O) groups excluding carboxylic acids is 4. The van der Waals surface area contributed by atoms with Crippen LogP contribution in [0.3, 0.4) is 0 Å². The highest BCUT2D eigenvalue weighted by Gasteiger charge is 2.54. The number of methoxy groups -OCH3 is 1. The van der Waals surface area contributed by atoms with Gasteiger partial charge in [-0.3, -0.25) is 19.3 Å². The summed E-state index contributed by atoms with van der Waals surface area (Å²) in [7, 11) is 1.48. The predicted octanol–water partition coefficient (Wildman–Crippen LogP) is 1.91. The van der Waals surface area contributed by atoms with Crippen molar-refractivity contribution in [3.63, 3.8) is 0 Å². The van der Waals surface area contributed by atoms with E-state index >= 15 is 0 Å². The summed E-state index contributed by atoms with van der Waals surface area (Å²) in [5.74, 6) is -1.86. The van der Waals surface area contributed by atoms with Crippen LogP contribution in [-0.4, -0.2) is 71.3 Å². The lowest BCUT2D eigenvalue weighted by atomic mass is 9.98. The second kappa shape index (κ2) is 11.4. The zero-order chi connectivity index (χ0) is 26.6. The molecule has 13 heteroatoms. The first kappa shape index (κ1) is 27.7. The van der Waals surface area contributed by atoms with Gasteiger partial charge in [-0.05, 0) is 32.8 Å². The number of amides is 2. The van der Waals surface area contributed by atoms with Crippen LogP contribution in [0.15, 0.2) is 22.7 Å². The Morgan fingerprint density at radius 2 is 2.03 bits per heavy atom. The molecule has 0 aromatic carbocycles. The van der Waals surface area contributed by atoms with Gasteiger partial charge in [-0.2, -0.15) is 0 Å². The van der Waals surface area contributed by atoms with Crippen LogP contribution in [-0.2, 0) is 33.4 Å².